The van der Waals surface area contributed by atoms with Crippen LogP contribution in [0.5, 0.6) is 0 Å². The summed E-state index contributed by atoms with van der Waals surface area (Å²) < 4.78 is 0. The molecule has 0 heterocycles. The topological polar surface area (TPSA) is 0 Å². The van der Waals surface area contributed by atoms with E-state index in [4.69, 9.17) is 0 Å². The van der Waals surface area contributed by atoms with Gasteiger partial charge >= 0.3 is 112 Å². The Hall–Kier alpha value is -0.466. The van der Waals surface area contributed by atoms with Crippen LogP contribution in [0.15, 0.2) is 61.7 Å². The van der Waals surface area contributed by atoms with E-state index < -0.39 is 0 Å². The van der Waals surface area contributed by atoms with Gasteiger partial charge in [-0.2, -0.15) is 0 Å². The van der Waals surface area contributed by atoms with Crippen LogP contribution in [-0.4, -0.2) is 0 Å². The number of rotatable bonds is 4. The molecule has 3 heteroatoms. The van der Waals surface area contributed by atoms with Crippen molar-refractivity contribution < 1.29 is 13.6 Å². The zero-order chi connectivity index (χ0) is 14.1. The van der Waals surface area contributed by atoms with Gasteiger partial charge in [0.2, 0.25) is 0 Å². The number of hydrogen-bond donors (Lipinski definition) is 0. The third-order valence-electron chi connectivity index (χ3n) is 2.54. The van der Waals surface area contributed by atoms with Crippen molar-refractivity contribution in [2.75, 3.05) is 0 Å². The van der Waals surface area contributed by atoms with E-state index >= 15 is 0 Å². The van der Waals surface area contributed by atoms with E-state index in [0.29, 0.717) is 0 Å². The Labute approximate surface area is 125 Å². The Morgan fingerprint density at radius 3 is 1.47 bits per heavy atom. The summed E-state index contributed by atoms with van der Waals surface area (Å²) in [5, 5.41) is 2.99. The molecule has 0 bridgehead atoms. The molecule has 0 saturated carbocycles. The van der Waals surface area contributed by atoms with Crippen LogP contribution < -0.4 is 10.6 Å². The normalized spacial score (nSPS) is 11.1. The van der Waals surface area contributed by atoms with Gasteiger partial charge in [-0.15, -0.1) is 13.2 Å². The van der Waals surface area contributed by atoms with Gasteiger partial charge < -0.3 is 0 Å². The molecule has 104 valence electrons. The molecule has 0 nitrogen and oxygen atoms in total. The second-order valence-electron chi connectivity index (χ2n) is 3.87. The Morgan fingerprint density at radius 1 is 0.737 bits per heavy atom. The number of hydrogen-bond acceptors (Lipinski definition) is 0. The van der Waals surface area contributed by atoms with E-state index in [1.54, 1.807) is 0 Å². The van der Waals surface area contributed by atoms with Crippen molar-refractivity contribution in [2.45, 2.75) is 13.8 Å². The van der Waals surface area contributed by atoms with Crippen molar-refractivity contribution in [1.82, 2.24) is 0 Å². The molecule has 2 aromatic carbocycles. The first kappa shape index (κ1) is 16.6. The van der Waals surface area contributed by atoms with E-state index in [0.717, 1.165) is 14.7 Å². The molecule has 2 atom stereocenters. The van der Waals surface area contributed by atoms with Crippen LogP contribution in [0.3, 0.4) is 0 Å². The molecule has 0 spiro atoms. The molecule has 0 aliphatic rings. The summed E-state index contributed by atoms with van der Waals surface area (Å²) in [7, 11) is 1.75. The van der Waals surface area contributed by atoms with E-state index in [9.17, 15) is 0 Å². The Morgan fingerprint density at radius 2 is 1.11 bits per heavy atom. The van der Waals surface area contributed by atoms with Crippen molar-refractivity contribution in [1.29, 1.82) is 0 Å². The van der Waals surface area contributed by atoms with Gasteiger partial charge in [-0.25, -0.2) is 0 Å². The van der Waals surface area contributed by atoms with Crippen LogP contribution >= 0.6 is 14.7 Å². The minimum absolute atomic E-state index is 0.875. The van der Waals surface area contributed by atoms with Gasteiger partial charge in [0.15, 0.2) is 0 Å². The molecule has 0 N–H and O–H groups in total. The first-order valence-electron chi connectivity index (χ1n) is 5.97. The first-order chi connectivity index (χ1) is 9.27. The Kier molecular flexibility index (Phi) is 8.24. The summed E-state index contributed by atoms with van der Waals surface area (Å²) in [6, 6.07) is 17.4. The summed E-state index contributed by atoms with van der Waals surface area (Å²) in [4.78, 5) is 0. The maximum atomic E-state index is 3.00. The number of aryl methyl sites for hydroxylation is 2. The average molecular weight is 333 g/mol. The van der Waals surface area contributed by atoms with Crippen LogP contribution in [0.2, 0.25) is 0 Å². The molecule has 0 amide bonds. The fraction of sp³-hybridized carbons (Fsp3) is 0.125. The van der Waals surface area contributed by atoms with Gasteiger partial charge in [-0.3, -0.25) is 0 Å². The maximum absolute atomic E-state index is 3.00. The molecule has 0 fully saturated rings. The molecule has 0 saturated heterocycles. The van der Waals surface area contributed by atoms with E-state index in [1.165, 1.54) is 21.7 Å². The second-order valence-corrected chi connectivity index (χ2v) is 9.60. The van der Waals surface area contributed by atoms with Gasteiger partial charge in [0, 0.05) is 0 Å². The van der Waals surface area contributed by atoms with Crippen LogP contribution in [0.25, 0.3) is 0 Å². The van der Waals surface area contributed by atoms with Gasteiger partial charge in [0.05, 0.1) is 0 Å². The van der Waals surface area contributed by atoms with Crippen molar-refractivity contribution in [3.8, 4) is 0 Å². The van der Waals surface area contributed by atoms with E-state index in [-0.39, 0.29) is 0 Å². The quantitative estimate of drug-likeness (QED) is 0.444. The molecule has 2 aromatic rings. The minimum atomic E-state index is 0.875. The zero-order valence-electron chi connectivity index (χ0n) is 11.3. The van der Waals surface area contributed by atoms with E-state index in [2.05, 4.69) is 75.5 Å². The molecule has 2 unspecified atom stereocenters. The Balaban J connectivity index is 0.000000861. The van der Waals surface area contributed by atoms with Gasteiger partial charge in [0.1, 0.15) is 0 Å². The predicted molar refractivity (Wildman–Crippen MR) is 89.5 cm³/mol. The predicted octanol–water partition coefficient (Wildman–Crippen LogP) is 4.33. The summed E-state index contributed by atoms with van der Waals surface area (Å²) in [6.45, 7) is 10.4. The standard InChI is InChI=1S/2C7H8P.C2H4.Ni/c2*1-6-4-2-3-5-7(6)8;1-2;/h2*2-5,8H,1H3;1-2H2;/q2*-1;;+2. The molecular formula is C16H20NiP2. The summed E-state index contributed by atoms with van der Waals surface area (Å²) in [5.74, 6) is 0. The van der Waals surface area contributed by atoms with Crippen LogP contribution in [0, 0.1) is 13.8 Å². The van der Waals surface area contributed by atoms with Crippen LogP contribution in [0.1, 0.15) is 11.1 Å². The molecule has 2 rings (SSSR count). The third kappa shape index (κ3) is 5.58. The van der Waals surface area contributed by atoms with Crippen LogP contribution in [0.4, 0.5) is 0 Å². The Bertz CT molecular complexity index is 466. The van der Waals surface area contributed by atoms with Crippen LogP contribution in [-0.2, 0) is 13.6 Å². The molecule has 0 radical (unpaired) electrons. The first-order valence-corrected chi connectivity index (χ1v) is 10.6. The number of benzene rings is 2. The molecule has 0 aliphatic carbocycles. The SMILES string of the molecule is C=C.Cc1ccccc1[PH][Ni][PH]c1ccccc1C. The van der Waals surface area contributed by atoms with Crippen molar-refractivity contribution in [3.63, 3.8) is 0 Å². The third-order valence-corrected chi connectivity index (χ3v) is 8.45. The van der Waals surface area contributed by atoms with Gasteiger partial charge in [-0.1, -0.05) is 0 Å². The zero-order valence-corrected chi connectivity index (χ0v) is 14.3. The summed E-state index contributed by atoms with van der Waals surface area (Å²) in [5.41, 5.74) is 2.83. The molecule has 0 aliphatic heterocycles. The molecular weight excluding hydrogens is 313 g/mol. The van der Waals surface area contributed by atoms with Crippen molar-refractivity contribution >= 4 is 25.3 Å². The van der Waals surface area contributed by atoms with Gasteiger partial charge in [-0.05, 0) is 0 Å². The summed E-state index contributed by atoms with van der Waals surface area (Å²) >= 11 is 1.85. The van der Waals surface area contributed by atoms with Crippen molar-refractivity contribution in [2.24, 2.45) is 0 Å². The fourth-order valence-electron chi connectivity index (χ4n) is 1.43. The average Bonchev–Trinajstić information content (AvgIpc) is 2.45. The monoisotopic (exact) mass is 332 g/mol. The van der Waals surface area contributed by atoms with E-state index in [1.807, 2.05) is 13.6 Å². The fourth-order valence-corrected chi connectivity index (χ4v) is 7.59. The molecule has 19 heavy (non-hydrogen) atoms. The van der Waals surface area contributed by atoms with Crippen molar-refractivity contribution in [3.05, 3.63) is 72.8 Å². The second kappa shape index (κ2) is 9.44. The summed E-state index contributed by atoms with van der Waals surface area (Å²) in [6.07, 6.45) is 0. The van der Waals surface area contributed by atoms with Gasteiger partial charge in [0.25, 0.3) is 0 Å². The molecule has 0 aromatic heterocycles.